The van der Waals surface area contributed by atoms with Gasteiger partial charge in [0.1, 0.15) is 11.8 Å². The number of carbonyl (C=O) groups is 2. The molecule has 1 aliphatic heterocycles. The summed E-state index contributed by atoms with van der Waals surface area (Å²) in [5.41, 5.74) is 6.64. The molecular formula is C23H27N3O4. The van der Waals surface area contributed by atoms with Crippen molar-refractivity contribution in [2.45, 2.75) is 38.1 Å². The second kappa shape index (κ2) is 9.26. The number of hydrogen-bond acceptors (Lipinski definition) is 5. The molecule has 0 unspecified atom stereocenters. The molecule has 1 aromatic heterocycles. The number of nitrogens with zero attached hydrogens (tertiary/aromatic N) is 2. The molecule has 158 valence electrons. The number of pyridine rings is 1. The SMILES string of the molecule is NC(=O)c1cccc(OCC2CCC(C(=O)N3OCC[C@H]3c3ccccn3)CC2)c1. The molecular weight excluding hydrogens is 382 g/mol. The monoisotopic (exact) mass is 409 g/mol. The predicted molar refractivity (Wildman–Crippen MR) is 110 cm³/mol. The van der Waals surface area contributed by atoms with Crippen molar-refractivity contribution in [2.24, 2.45) is 17.6 Å². The van der Waals surface area contributed by atoms with Gasteiger partial charge in [-0.2, -0.15) is 0 Å². The smallest absolute Gasteiger partial charge is 0.249 e. The molecule has 2 amide bonds. The molecule has 1 atom stereocenters. The third kappa shape index (κ3) is 4.62. The van der Waals surface area contributed by atoms with E-state index in [1.807, 2.05) is 24.3 Å². The van der Waals surface area contributed by atoms with Crippen LogP contribution in [0.4, 0.5) is 0 Å². The molecule has 0 bridgehead atoms. The van der Waals surface area contributed by atoms with Crippen molar-refractivity contribution in [1.82, 2.24) is 10.0 Å². The summed E-state index contributed by atoms with van der Waals surface area (Å²) in [6.07, 6.45) is 6.02. The number of nitrogens with two attached hydrogens (primary N) is 1. The molecule has 2 fully saturated rings. The summed E-state index contributed by atoms with van der Waals surface area (Å²) in [5.74, 6) is 0.610. The van der Waals surface area contributed by atoms with Gasteiger partial charge in [-0.15, -0.1) is 0 Å². The third-order valence-electron chi connectivity index (χ3n) is 5.95. The summed E-state index contributed by atoms with van der Waals surface area (Å²) in [6, 6.07) is 12.6. The first-order valence-corrected chi connectivity index (χ1v) is 10.5. The van der Waals surface area contributed by atoms with Crippen LogP contribution in [0.2, 0.25) is 0 Å². The van der Waals surface area contributed by atoms with Gasteiger partial charge in [0.2, 0.25) is 11.8 Å². The Kier molecular flexibility index (Phi) is 6.28. The number of benzene rings is 1. The molecule has 30 heavy (non-hydrogen) atoms. The van der Waals surface area contributed by atoms with Crippen molar-refractivity contribution in [3.63, 3.8) is 0 Å². The molecule has 4 rings (SSSR count). The first-order chi connectivity index (χ1) is 14.6. The normalized spacial score (nSPS) is 23.9. The molecule has 2 N–H and O–H groups in total. The second-order valence-corrected chi connectivity index (χ2v) is 7.98. The van der Waals surface area contributed by atoms with E-state index in [0.717, 1.165) is 37.8 Å². The number of primary amides is 1. The van der Waals surface area contributed by atoms with Crippen LogP contribution in [0.5, 0.6) is 5.75 Å². The van der Waals surface area contributed by atoms with Crippen LogP contribution in [0.25, 0.3) is 0 Å². The zero-order valence-corrected chi connectivity index (χ0v) is 16.9. The molecule has 0 radical (unpaired) electrons. The Balaban J connectivity index is 1.28. The van der Waals surface area contributed by atoms with Crippen LogP contribution in [-0.4, -0.2) is 35.1 Å². The number of hydroxylamine groups is 2. The Morgan fingerprint density at radius 2 is 1.93 bits per heavy atom. The van der Waals surface area contributed by atoms with Gasteiger partial charge in [-0.1, -0.05) is 12.1 Å². The highest BCUT2D eigenvalue weighted by Crippen LogP contribution is 2.35. The van der Waals surface area contributed by atoms with Gasteiger partial charge in [0, 0.05) is 24.1 Å². The van der Waals surface area contributed by atoms with Gasteiger partial charge < -0.3 is 10.5 Å². The van der Waals surface area contributed by atoms with Crippen molar-refractivity contribution < 1.29 is 19.2 Å². The maximum absolute atomic E-state index is 13.1. The first kappa shape index (κ1) is 20.3. The molecule has 7 nitrogen and oxygen atoms in total. The van der Waals surface area contributed by atoms with Gasteiger partial charge in [-0.25, -0.2) is 5.06 Å². The van der Waals surface area contributed by atoms with Gasteiger partial charge in [0.25, 0.3) is 0 Å². The predicted octanol–water partition coefficient (Wildman–Crippen LogP) is 3.27. The topological polar surface area (TPSA) is 94.8 Å². The fourth-order valence-electron chi connectivity index (χ4n) is 4.24. The van der Waals surface area contributed by atoms with Crippen molar-refractivity contribution in [2.75, 3.05) is 13.2 Å². The highest BCUT2D eigenvalue weighted by Gasteiger charge is 2.37. The van der Waals surface area contributed by atoms with E-state index < -0.39 is 5.91 Å². The zero-order chi connectivity index (χ0) is 20.9. The molecule has 2 aliphatic rings. The van der Waals surface area contributed by atoms with E-state index in [2.05, 4.69) is 4.98 Å². The van der Waals surface area contributed by atoms with Crippen LogP contribution in [0.15, 0.2) is 48.7 Å². The minimum Gasteiger partial charge on any atom is -0.493 e. The molecule has 1 saturated carbocycles. The van der Waals surface area contributed by atoms with E-state index in [1.165, 1.54) is 0 Å². The maximum atomic E-state index is 13.1. The maximum Gasteiger partial charge on any atom is 0.249 e. The van der Waals surface area contributed by atoms with Gasteiger partial charge in [0.05, 0.1) is 18.9 Å². The first-order valence-electron chi connectivity index (χ1n) is 10.5. The number of aromatic nitrogens is 1. The van der Waals surface area contributed by atoms with Crippen LogP contribution in [-0.2, 0) is 9.63 Å². The summed E-state index contributed by atoms with van der Waals surface area (Å²) in [5, 5.41) is 1.55. The number of hydrogen-bond donors (Lipinski definition) is 1. The van der Waals surface area contributed by atoms with E-state index in [9.17, 15) is 9.59 Å². The Morgan fingerprint density at radius 3 is 2.67 bits per heavy atom. The Morgan fingerprint density at radius 1 is 1.10 bits per heavy atom. The molecule has 7 heteroatoms. The van der Waals surface area contributed by atoms with E-state index >= 15 is 0 Å². The highest BCUT2D eigenvalue weighted by molar-refractivity contribution is 5.93. The summed E-state index contributed by atoms with van der Waals surface area (Å²) in [6.45, 7) is 1.11. The van der Waals surface area contributed by atoms with Crippen molar-refractivity contribution in [3.05, 3.63) is 59.9 Å². The second-order valence-electron chi connectivity index (χ2n) is 7.98. The van der Waals surface area contributed by atoms with Crippen molar-refractivity contribution >= 4 is 11.8 Å². The highest BCUT2D eigenvalue weighted by atomic mass is 16.7. The zero-order valence-electron chi connectivity index (χ0n) is 16.9. The van der Waals surface area contributed by atoms with Gasteiger partial charge >= 0.3 is 0 Å². The summed E-state index contributed by atoms with van der Waals surface area (Å²) in [7, 11) is 0. The minimum atomic E-state index is -0.465. The average Bonchev–Trinajstić information content (AvgIpc) is 3.28. The lowest BCUT2D eigenvalue weighted by Gasteiger charge is -2.31. The molecule has 1 saturated heterocycles. The molecule has 1 aliphatic carbocycles. The molecule has 1 aromatic carbocycles. The lowest BCUT2D eigenvalue weighted by Crippen LogP contribution is -2.37. The van der Waals surface area contributed by atoms with Crippen LogP contribution in [0.1, 0.15) is 54.2 Å². The van der Waals surface area contributed by atoms with Crippen LogP contribution in [0, 0.1) is 11.8 Å². The molecule has 0 spiro atoms. The Hall–Kier alpha value is -2.93. The van der Waals surface area contributed by atoms with Gasteiger partial charge in [-0.3, -0.25) is 19.4 Å². The van der Waals surface area contributed by atoms with Crippen LogP contribution < -0.4 is 10.5 Å². The lowest BCUT2D eigenvalue weighted by molar-refractivity contribution is -0.183. The Bertz CT molecular complexity index is 881. The number of ether oxygens (including phenoxy) is 1. The van der Waals surface area contributed by atoms with Crippen molar-refractivity contribution in [3.8, 4) is 5.75 Å². The fraction of sp³-hybridized carbons (Fsp3) is 0.435. The number of amides is 2. The van der Waals surface area contributed by atoms with Crippen LogP contribution >= 0.6 is 0 Å². The Labute approximate surface area is 176 Å². The standard InChI is InChI=1S/C23H27N3O4/c24-22(27)18-4-3-5-19(14-18)29-15-16-7-9-17(10-8-16)23(28)26-21(11-13-30-26)20-6-1-2-12-25-20/h1-6,12,14,16-17,21H,7-11,13,15H2,(H2,24,27)/t16?,17?,21-/m0/s1. The van der Waals surface area contributed by atoms with Crippen LogP contribution in [0.3, 0.4) is 0 Å². The molecule has 2 aromatic rings. The summed E-state index contributed by atoms with van der Waals surface area (Å²) >= 11 is 0. The van der Waals surface area contributed by atoms with E-state index in [0.29, 0.717) is 30.4 Å². The number of carbonyl (C=O) groups excluding carboxylic acids is 2. The lowest BCUT2D eigenvalue weighted by atomic mass is 9.81. The fourth-order valence-corrected chi connectivity index (χ4v) is 4.24. The van der Waals surface area contributed by atoms with Gasteiger partial charge in [0.15, 0.2) is 0 Å². The van der Waals surface area contributed by atoms with Gasteiger partial charge in [-0.05, 0) is 61.9 Å². The third-order valence-corrected chi connectivity index (χ3v) is 5.95. The molecule has 2 heterocycles. The van der Waals surface area contributed by atoms with E-state index in [1.54, 1.807) is 29.5 Å². The van der Waals surface area contributed by atoms with Crippen molar-refractivity contribution in [1.29, 1.82) is 0 Å². The minimum absolute atomic E-state index is 0.0243. The summed E-state index contributed by atoms with van der Waals surface area (Å²) < 4.78 is 5.87. The summed E-state index contributed by atoms with van der Waals surface area (Å²) in [4.78, 5) is 34.4. The van der Waals surface area contributed by atoms with E-state index in [4.69, 9.17) is 15.3 Å². The quantitative estimate of drug-likeness (QED) is 0.790. The average molecular weight is 409 g/mol. The number of rotatable bonds is 6. The largest absolute Gasteiger partial charge is 0.493 e. The van der Waals surface area contributed by atoms with E-state index in [-0.39, 0.29) is 17.9 Å².